The van der Waals surface area contributed by atoms with Crippen LogP contribution in [-0.2, 0) is 19.6 Å². The van der Waals surface area contributed by atoms with Crippen LogP contribution >= 0.6 is 0 Å². The summed E-state index contributed by atoms with van der Waals surface area (Å²) in [5.41, 5.74) is 2.24. The lowest BCUT2D eigenvalue weighted by atomic mass is 10.2. The van der Waals surface area contributed by atoms with Crippen molar-refractivity contribution in [2.24, 2.45) is 0 Å². The molecule has 0 aliphatic heterocycles. The van der Waals surface area contributed by atoms with E-state index in [1.54, 1.807) is 7.11 Å². The van der Waals surface area contributed by atoms with Crippen molar-refractivity contribution in [2.45, 2.75) is 19.6 Å². The Labute approximate surface area is 125 Å². The van der Waals surface area contributed by atoms with Crippen molar-refractivity contribution in [3.05, 3.63) is 41.7 Å². The quantitative estimate of drug-likeness (QED) is 0.790. The maximum Gasteiger partial charge on any atom is 0.118 e. The highest BCUT2D eigenvalue weighted by molar-refractivity contribution is 5.26. The lowest BCUT2D eigenvalue weighted by Crippen LogP contribution is -2.23. The van der Waals surface area contributed by atoms with Gasteiger partial charge in [-0.3, -0.25) is 4.68 Å². The van der Waals surface area contributed by atoms with Crippen molar-refractivity contribution in [3.63, 3.8) is 0 Å². The van der Waals surface area contributed by atoms with Gasteiger partial charge < -0.3 is 15.0 Å². The van der Waals surface area contributed by atoms with E-state index in [0.717, 1.165) is 37.6 Å². The van der Waals surface area contributed by atoms with Crippen LogP contribution in [0.25, 0.3) is 0 Å². The van der Waals surface area contributed by atoms with Crippen molar-refractivity contribution >= 4 is 0 Å². The van der Waals surface area contributed by atoms with Crippen LogP contribution in [-0.4, -0.2) is 47.6 Å². The summed E-state index contributed by atoms with van der Waals surface area (Å²) in [6, 6.07) is 8.17. The van der Waals surface area contributed by atoms with Gasteiger partial charge in [-0.15, -0.1) is 5.10 Å². The fourth-order valence-electron chi connectivity index (χ4n) is 2.10. The summed E-state index contributed by atoms with van der Waals surface area (Å²) in [6.07, 6.45) is 1.98. The smallest absolute Gasteiger partial charge is 0.118 e. The zero-order valence-corrected chi connectivity index (χ0v) is 12.9. The van der Waals surface area contributed by atoms with E-state index < -0.39 is 0 Å². The number of methoxy groups -OCH3 is 1. The van der Waals surface area contributed by atoms with E-state index in [4.69, 9.17) is 4.74 Å². The summed E-state index contributed by atoms with van der Waals surface area (Å²) < 4.78 is 7.05. The molecule has 0 aliphatic rings. The molecule has 2 rings (SSSR count). The molecule has 0 aliphatic carbocycles. The number of aromatic nitrogens is 3. The van der Waals surface area contributed by atoms with Gasteiger partial charge in [0.05, 0.1) is 19.3 Å². The second kappa shape index (κ2) is 7.75. The molecule has 2 aromatic rings. The molecule has 21 heavy (non-hydrogen) atoms. The van der Waals surface area contributed by atoms with E-state index in [0.29, 0.717) is 0 Å². The van der Waals surface area contributed by atoms with Crippen LogP contribution in [0.3, 0.4) is 0 Å². The SMILES string of the molecule is CNCc1cn(CCN(C)Cc2ccc(OC)cc2)nn1. The molecule has 1 aromatic heterocycles. The van der Waals surface area contributed by atoms with E-state index >= 15 is 0 Å². The molecule has 114 valence electrons. The molecule has 6 heteroatoms. The standard InChI is InChI=1S/C15H23N5O/c1-16-10-14-12-20(18-17-14)9-8-19(2)11-13-4-6-15(21-3)7-5-13/h4-7,12,16H,8-11H2,1-3H3. The van der Waals surface area contributed by atoms with E-state index in [1.807, 2.05) is 30.1 Å². The minimum Gasteiger partial charge on any atom is -0.497 e. The molecule has 0 fully saturated rings. The molecule has 0 saturated heterocycles. The van der Waals surface area contributed by atoms with E-state index in [1.165, 1.54) is 5.56 Å². The second-order valence-electron chi connectivity index (χ2n) is 5.09. The summed E-state index contributed by atoms with van der Waals surface area (Å²) in [5, 5.41) is 11.3. The summed E-state index contributed by atoms with van der Waals surface area (Å²) in [7, 11) is 5.69. The predicted octanol–water partition coefficient (Wildman–Crippen LogP) is 1.14. The molecule has 0 radical (unpaired) electrons. The highest BCUT2D eigenvalue weighted by Gasteiger charge is 2.03. The fourth-order valence-corrected chi connectivity index (χ4v) is 2.10. The number of benzene rings is 1. The van der Waals surface area contributed by atoms with Crippen LogP contribution in [0.1, 0.15) is 11.3 Å². The Morgan fingerprint density at radius 2 is 2.05 bits per heavy atom. The third-order valence-electron chi connectivity index (χ3n) is 3.27. The first-order chi connectivity index (χ1) is 10.2. The molecule has 0 spiro atoms. The molecular formula is C15H23N5O. The zero-order chi connectivity index (χ0) is 15.1. The average molecular weight is 289 g/mol. The normalized spacial score (nSPS) is 11.0. The van der Waals surface area contributed by atoms with Crippen LogP contribution in [0.4, 0.5) is 0 Å². The Morgan fingerprint density at radius 3 is 2.71 bits per heavy atom. The molecule has 1 heterocycles. The summed E-state index contributed by atoms with van der Waals surface area (Å²) in [6.45, 7) is 3.42. The molecular weight excluding hydrogens is 266 g/mol. The number of hydrogen-bond donors (Lipinski definition) is 1. The van der Waals surface area contributed by atoms with E-state index in [2.05, 4.69) is 39.7 Å². The van der Waals surface area contributed by atoms with Crippen LogP contribution in [0.2, 0.25) is 0 Å². The van der Waals surface area contributed by atoms with Gasteiger partial charge in [0.2, 0.25) is 0 Å². The maximum atomic E-state index is 5.16. The summed E-state index contributed by atoms with van der Waals surface area (Å²) in [5.74, 6) is 0.890. The average Bonchev–Trinajstić information content (AvgIpc) is 2.94. The molecule has 6 nitrogen and oxygen atoms in total. The number of nitrogens with one attached hydrogen (secondary N) is 1. The predicted molar refractivity (Wildman–Crippen MR) is 82.1 cm³/mol. The lowest BCUT2D eigenvalue weighted by Gasteiger charge is -2.16. The first-order valence-electron chi connectivity index (χ1n) is 7.06. The minimum absolute atomic E-state index is 0.752. The zero-order valence-electron chi connectivity index (χ0n) is 12.9. The number of hydrogen-bond acceptors (Lipinski definition) is 5. The van der Waals surface area contributed by atoms with Crippen LogP contribution in [0, 0.1) is 0 Å². The Morgan fingerprint density at radius 1 is 1.29 bits per heavy atom. The van der Waals surface area contributed by atoms with Gasteiger partial charge in [-0.2, -0.15) is 0 Å². The largest absolute Gasteiger partial charge is 0.497 e. The van der Waals surface area contributed by atoms with Gasteiger partial charge in [0, 0.05) is 25.8 Å². The fraction of sp³-hybridized carbons (Fsp3) is 0.467. The second-order valence-corrected chi connectivity index (χ2v) is 5.09. The van der Waals surface area contributed by atoms with E-state index in [-0.39, 0.29) is 0 Å². The molecule has 1 aromatic carbocycles. The van der Waals surface area contributed by atoms with Gasteiger partial charge in [-0.05, 0) is 31.8 Å². The highest BCUT2D eigenvalue weighted by atomic mass is 16.5. The molecule has 1 N–H and O–H groups in total. The number of likely N-dealkylation sites (N-methyl/N-ethyl adjacent to an activating group) is 1. The maximum absolute atomic E-state index is 5.16. The van der Waals surface area contributed by atoms with E-state index in [9.17, 15) is 0 Å². The highest BCUT2D eigenvalue weighted by Crippen LogP contribution is 2.12. The first kappa shape index (κ1) is 15.5. The van der Waals surface area contributed by atoms with Crippen LogP contribution in [0.15, 0.2) is 30.5 Å². The van der Waals surface area contributed by atoms with Crippen LogP contribution in [0.5, 0.6) is 5.75 Å². The van der Waals surface area contributed by atoms with Crippen molar-refractivity contribution in [1.82, 2.24) is 25.2 Å². The number of ether oxygens (including phenoxy) is 1. The lowest BCUT2D eigenvalue weighted by molar-refractivity contribution is 0.303. The van der Waals surface area contributed by atoms with Gasteiger partial charge in [0.1, 0.15) is 5.75 Å². The summed E-state index contributed by atoms with van der Waals surface area (Å²) >= 11 is 0. The van der Waals surface area contributed by atoms with Crippen molar-refractivity contribution in [3.8, 4) is 5.75 Å². The van der Waals surface area contributed by atoms with Gasteiger partial charge in [-0.1, -0.05) is 17.3 Å². The Balaban J connectivity index is 1.79. The monoisotopic (exact) mass is 289 g/mol. The third kappa shape index (κ3) is 4.84. The Bertz CT molecular complexity index is 537. The van der Waals surface area contributed by atoms with Gasteiger partial charge >= 0.3 is 0 Å². The van der Waals surface area contributed by atoms with Gasteiger partial charge in [-0.25, -0.2) is 0 Å². The topological polar surface area (TPSA) is 55.2 Å². The molecule has 0 saturated carbocycles. The summed E-state index contributed by atoms with van der Waals surface area (Å²) in [4.78, 5) is 2.27. The molecule has 0 atom stereocenters. The molecule has 0 unspecified atom stereocenters. The Hall–Kier alpha value is -1.92. The molecule has 0 bridgehead atoms. The van der Waals surface area contributed by atoms with Crippen molar-refractivity contribution in [2.75, 3.05) is 27.7 Å². The number of nitrogens with zero attached hydrogens (tertiary/aromatic N) is 4. The third-order valence-corrected chi connectivity index (χ3v) is 3.27. The van der Waals surface area contributed by atoms with Crippen molar-refractivity contribution in [1.29, 1.82) is 0 Å². The Kier molecular flexibility index (Phi) is 5.71. The minimum atomic E-state index is 0.752. The van der Waals surface area contributed by atoms with Gasteiger partial charge in [0.15, 0.2) is 0 Å². The first-order valence-corrected chi connectivity index (χ1v) is 7.06. The van der Waals surface area contributed by atoms with Gasteiger partial charge in [0.25, 0.3) is 0 Å². The molecule has 0 amide bonds. The number of rotatable bonds is 8. The van der Waals surface area contributed by atoms with Crippen molar-refractivity contribution < 1.29 is 4.74 Å². The van der Waals surface area contributed by atoms with Crippen LogP contribution < -0.4 is 10.1 Å².